The van der Waals surface area contributed by atoms with E-state index in [4.69, 9.17) is 27.9 Å². The molecule has 1 atom stereocenters. The van der Waals surface area contributed by atoms with Gasteiger partial charge in [0.25, 0.3) is 0 Å². The van der Waals surface area contributed by atoms with Crippen molar-refractivity contribution >= 4 is 39.1 Å². The normalized spacial score (nSPS) is 12.3. The summed E-state index contributed by atoms with van der Waals surface area (Å²) in [6.45, 7) is 1.71. The lowest BCUT2D eigenvalue weighted by Gasteiger charge is -2.11. The monoisotopic (exact) mass is 360 g/mol. The van der Waals surface area contributed by atoms with Crippen molar-refractivity contribution in [1.29, 1.82) is 0 Å². The summed E-state index contributed by atoms with van der Waals surface area (Å²) in [7, 11) is 0. The van der Waals surface area contributed by atoms with Crippen LogP contribution < -0.4 is 4.74 Å². The van der Waals surface area contributed by atoms with Crippen molar-refractivity contribution in [3.8, 4) is 11.5 Å². The van der Waals surface area contributed by atoms with E-state index < -0.39 is 6.10 Å². The van der Waals surface area contributed by atoms with Gasteiger partial charge in [0.05, 0.1) is 11.1 Å². The zero-order chi connectivity index (χ0) is 14.0. The Morgan fingerprint density at radius 3 is 2.47 bits per heavy atom. The molecule has 2 aromatic rings. The van der Waals surface area contributed by atoms with Crippen LogP contribution in [-0.4, -0.2) is 5.11 Å². The molecule has 0 saturated heterocycles. The van der Waals surface area contributed by atoms with Crippen molar-refractivity contribution in [2.45, 2.75) is 13.0 Å². The molecule has 100 valence electrons. The first-order chi connectivity index (χ1) is 8.97. The number of halogens is 3. The van der Waals surface area contributed by atoms with Gasteiger partial charge in [-0.05, 0) is 42.8 Å². The summed E-state index contributed by atoms with van der Waals surface area (Å²) in [6.07, 6.45) is -0.539. The van der Waals surface area contributed by atoms with Crippen LogP contribution in [-0.2, 0) is 0 Å². The van der Waals surface area contributed by atoms with Gasteiger partial charge in [0, 0.05) is 9.50 Å². The van der Waals surface area contributed by atoms with Crippen molar-refractivity contribution in [3.63, 3.8) is 0 Å². The second-order valence-electron chi connectivity index (χ2n) is 4.04. The van der Waals surface area contributed by atoms with Crippen LogP contribution in [0.25, 0.3) is 0 Å². The van der Waals surface area contributed by atoms with E-state index in [1.807, 2.05) is 0 Å². The van der Waals surface area contributed by atoms with Crippen LogP contribution in [0.4, 0.5) is 0 Å². The molecule has 5 heteroatoms. The fourth-order valence-corrected chi connectivity index (χ4v) is 2.73. The molecule has 1 N–H and O–H groups in total. The van der Waals surface area contributed by atoms with Crippen LogP contribution in [0.2, 0.25) is 10.0 Å². The van der Waals surface area contributed by atoms with Crippen LogP contribution in [0.3, 0.4) is 0 Å². The molecule has 0 bridgehead atoms. The van der Waals surface area contributed by atoms with E-state index in [1.54, 1.807) is 43.3 Å². The molecular formula is C14H11BrCl2O2. The highest BCUT2D eigenvalue weighted by molar-refractivity contribution is 9.10. The maximum absolute atomic E-state index is 9.55. The molecule has 0 amide bonds. The first-order valence-electron chi connectivity index (χ1n) is 5.58. The standard InChI is InChI=1S/C14H11BrCl2O2/c1-8(18)11-4-3-10(7-12(11)15)19-14-5-2-9(16)6-13(14)17/h2-8,18H,1H3. The summed E-state index contributed by atoms with van der Waals surface area (Å²) in [5.41, 5.74) is 0.801. The molecule has 0 heterocycles. The first-order valence-corrected chi connectivity index (χ1v) is 7.12. The number of hydrogen-bond donors (Lipinski definition) is 1. The second-order valence-corrected chi connectivity index (χ2v) is 5.73. The van der Waals surface area contributed by atoms with Crippen molar-refractivity contribution in [1.82, 2.24) is 0 Å². The minimum atomic E-state index is -0.539. The van der Waals surface area contributed by atoms with E-state index in [2.05, 4.69) is 15.9 Å². The zero-order valence-electron chi connectivity index (χ0n) is 10.0. The summed E-state index contributed by atoms with van der Waals surface area (Å²) in [4.78, 5) is 0. The van der Waals surface area contributed by atoms with Gasteiger partial charge in [-0.1, -0.05) is 45.2 Å². The molecule has 0 spiro atoms. The summed E-state index contributed by atoms with van der Waals surface area (Å²) in [5, 5.41) is 10.6. The SMILES string of the molecule is CC(O)c1ccc(Oc2ccc(Cl)cc2Cl)cc1Br. The summed E-state index contributed by atoms with van der Waals surface area (Å²) in [5.74, 6) is 1.16. The van der Waals surface area contributed by atoms with Crippen molar-refractivity contribution in [3.05, 3.63) is 56.5 Å². The number of rotatable bonds is 3. The van der Waals surface area contributed by atoms with E-state index in [-0.39, 0.29) is 0 Å². The van der Waals surface area contributed by atoms with Gasteiger partial charge >= 0.3 is 0 Å². The Morgan fingerprint density at radius 1 is 1.16 bits per heavy atom. The lowest BCUT2D eigenvalue weighted by Crippen LogP contribution is -1.93. The van der Waals surface area contributed by atoms with Crippen LogP contribution in [0.1, 0.15) is 18.6 Å². The Hall–Kier alpha value is -0.740. The van der Waals surface area contributed by atoms with Gasteiger partial charge in [-0.15, -0.1) is 0 Å². The van der Waals surface area contributed by atoms with Crippen LogP contribution >= 0.6 is 39.1 Å². The van der Waals surface area contributed by atoms with E-state index in [0.717, 1.165) is 10.0 Å². The largest absolute Gasteiger partial charge is 0.456 e. The molecule has 0 radical (unpaired) electrons. The number of aliphatic hydroxyl groups is 1. The number of ether oxygens (including phenoxy) is 1. The van der Waals surface area contributed by atoms with Crippen LogP contribution in [0.5, 0.6) is 11.5 Å². The predicted octanol–water partition coefficient (Wildman–Crippen LogP) is 5.60. The molecule has 0 saturated carbocycles. The molecule has 0 aliphatic heterocycles. The summed E-state index contributed by atoms with van der Waals surface area (Å²) >= 11 is 15.3. The van der Waals surface area contributed by atoms with Crippen LogP contribution in [0, 0.1) is 0 Å². The zero-order valence-corrected chi connectivity index (χ0v) is 13.1. The number of hydrogen-bond acceptors (Lipinski definition) is 2. The molecule has 2 nitrogen and oxygen atoms in total. The molecule has 0 fully saturated rings. The van der Waals surface area contributed by atoms with Gasteiger partial charge in [-0.3, -0.25) is 0 Å². The van der Waals surface area contributed by atoms with E-state index in [0.29, 0.717) is 21.5 Å². The van der Waals surface area contributed by atoms with Crippen LogP contribution in [0.15, 0.2) is 40.9 Å². The van der Waals surface area contributed by atoms with E-state index in [9.17, 15) is 5.11 Å². The van der Waals surface area contributed by atoms with Gasteiger partial charge in [0.2, 0.25) is 0 Å². The third kappa shape index (κ3) is 3.63. The van der Waals surface area contributed by atoms with Crippen molar-refractivity contribution in [2.24, 2.45) is 0 Å². The Bertz CT molecular complexity index is 600. The Morgan fingerprint density at radius 2 is 1.89 bits per heavy atom. The first kappa shape index (κ1) is 14.7. The Kier molecular flexibility index (Phi) is 4.74. The third-order valence-corrected chi connectivity index (χ3v) is 3.76. The minimum Gasteiger partial charge on any atom is -0.456 e. The van der Waals surface area contributed by atoms with Gasteiger partial charge in [0.1, 0.15) is 11.5 Å². The van der Waals surface area contributed by atoms with Gasteiger partial charge < -0.3 is 9.84 Å². The quantitative estimate of drug-likeness (QED) is 0.770. The fourth-order valence-electron chi connectivity index (χ4n) is 1.60. The maximum atomic E-state index is 9.55. The van der Waals surface area contributed by atoms with Gasteiger partial charge in [0.15, 0.2) is 0 Å². The molecule has 0 aliphatic carbocycles. The van der Waals surface area contributed by atoms with E-state index in [1.165, 1.54) is 0 Å². The molecule has 19 heavy (non-hydrogen) atoms. The van der Waals surface area contributed by atoms with Crippen molar-refractivity contribution in [2.75, 3.05) is 0 Å². The average molecular weight is 362 g/mol. The third-order valence-electron chi connectivity index (χ3n) is 2.54. The fraction of sp³-hybridized carbons (Fsp3) is 0.143. The van der Waals surface area contributed by atoms with Crippen molar-refractivity contribution < 1.29 is 9.84 Å². The summed E-state index contributed by atoms with van der Waals surface area (Å²) in [6, 6.07) is 10.4. The highest BCUT2D eigenvalue weighted by Crippen LogP contribution is 2.34. The van der Waals surface area contributed by atoms with Gasteiger partial charge in [-0.2, -0.15) is 0 Å². The lowest BCUT2D eigenvalue weighted by molar-refractivity contribution is 0.198. The minimum absolute atomic E-state index is 0.447. The molecule has 2 rings (SSSR count). The number of benzene rings is 2. The maximum Gasteiger partial charge on any atom is 0.146 e. The molecule has 2 aromatic carbocycles. The molecular weight excluding hydrogens is 351 g/mol. The smallest absolute Gasteiger partial charge is 0.146 e. The Labute approximate surface area is 130 Å². The van der Waals surface area contributed by atoms with Gasteiger partial charge in [-0.25, -0.2) is 0 Å². The highest BCUT2D eigenvalue weighted by atomic mass is 79.9. The lowest BCUT2D eigenvalue weighted by atomic mass is 10.1. The molecule has 0 aromatic heterocycles. The number of aliphatic hydroxyl groups excluding tert-OH is 1. The molecule has 1 unspecified atom stereocenters. The topological polar surface area (TPSA) is 29.5 Å². The Balaban J connectivity index is 2.26. The molecule has 0 aliphatic rings. The average Bonchev–Trinajstić information content (AvgIpc) is 2.32. The summed E-state index contributed by atoms with van der Waals surface area (Å²) < 4.78 is 6.46. The second kappa shape index (κ2) is 6.14. The van der Waals surface area contributed by atoms with E-state index >= 15 is 0 Å². The predicted molar refractivity (Wildman–Crippen MR) is 81.3 cm³/mol. The highest BCUT2D eigenvalue weighted by Gasteiger charge is 2.09.